The molecule has 0 unspecified atom stereocenters. The highest BCUT2D eigenvalue weighted by Crippen LogP contribution is 2.39. The SMILES string of the molecule is N#CCC1(n2cc(-c3ncnc4[nH]ccc34)cn2)CN(C2CCC(Oc3cc(CN4CCC[C@H]4CO)cc(C(F)(F)F)n3)CC2)C1.O=C(O)C(F)(F)F.O=C(O)C(F)(F)F.O=C(O)C(F)(F)F. The Morgan fingerprint density at radius 3 is 1.97 bits per heavy atom. The van der Waals surface area contributed by atoms with Crippen LogP contribution in [-0.2, 0) is 32.6 Å². The first-order valence-corrected chi connectivity index (χ1v) is 19.5. The molecule has 0 bridgehead atoms. The molecular weight excluding hydrogens is 938 g/mol. The van der Waals surface area contributed by atoms with Gasteiger partial charge in [-0.2, -0.15) is 63.0 Å². The van der Waals surface area contributed by atoms with Crippen LogP contribution in [0.3, 0.4) is 0 Å². The van der Waals surface area contributed by atoms with Gasteiger partial charge in [0.05, 0.1) is 31.0 Å². The van der Waals surface area contributed by atoms with E-state index in [1.165, 1.54) is 6.33 Å². The molecule has 3 fully saturated rings. The van der Waals surface area contributed by atoms with E-state index in [1.54, 1.807) is 12.3 Å². The molecule has 7 rings (SSSR count). The Balaban J connectivity index is 0.000000389. The number of hydrogen-bond acceptors (Lipinski definition) is 12. The minimum Gasteiger partial charge on any atom is -0.475 e. The number of nitrogens with one attached hydrogen (secondary N) is 1. The molecule has 368 valence electrons. The maximum atomic E-state index is 13.7. The molecule has 3 aliphatic rings. The molecule has 0 aromatic carbocycles. The first kappa shape index (κ1) is 53.3. The van der Waals surface area contributed by atoms with Gasteiger partial charge in [0, 0.05) is 61.1 Å². The largest absolute Gasteiger partial charge is 0.490 e. The summed E-state index contributed by atoms with van der Waals surface area (Å²) >= 11 is 0. The number of alkyl halides is 12. The van der Waals surface area contributed by atoms with E-state index in [-0.39, 0.29) is 24.6 Å². The zero-order valence-electron chi connectivity index (χ0n) is 34.3. The monoisotopic (exact) mass is 977 g/mol. The average molecular weight is 978 g/mol. The van der Waals surface area contributed by atoms with E-state index in [2.05, 4.69) is 36.0 Å². The van der Waals surface area contributed by atoms with Crippen LogP contribution in [0.15, 0.2) is 43.1 Å². The van der Waals surface area contributed by atoms with Crippen molar-refractivity contribution in [2.45, 2.75) is 99.9 Å². The van der Waals surface area contributed by atoms with Gasteiger partial charge in [-0.3, -0.25) is 14.5 Å². The summed E-state index contributed by atoms with van der Waals surface area (Å²) in [5, 5.41) is 46.3. The van der Waals surface area contributed by atoms with Gasteiger partial charge in [-0.15, -0.1) is 0 Å². The van der Waals surface area contributed by atoms with E-state index < -0.39 is 53.8 Å². The molecule has 6 heterocycles. The number of aromatic amines is 1. The van der Waals surface area contributed by atoms with E-state index in [1.807, 2.05) is 28.0 Å². The number of halogens is 12. The van der Waals surface area contributed by atoms with Crippen LogP contribution in [0.1, 0.15) is 56.2 Å². The Morgan fingerprint density at radius 2 is 1.45 bits per heavy atom. The van der Waals surface area contributed by atoms with Gasteiger partial charge in [-0.1, -0.05) is 0 Å². The number of pyridine rings is 1. The minimum absolute atomic E-state index is 0.0000890. The predicted octanol–water partition coefficient (Wildman–Crippen LogP) is 6.41. The second kappa shape index (κ2) is 21.6. The van der Waals surface area contributed by atoms with Crippen molar-refractivity contribution in [1.82, 2.24) is 39.5 Å². The third kappa shape index (κ3) is 14.6. The lowest BCUT2D eigenvalue weighted by Gasteiger charge is -2.53. The van der Waals surface area contributed by atoms with Gasteiger partial charge in [0.2, 0.25) is 5.88 Å². The second-order valence-corrected chi connectivity index (χ2v) is 15.2. The van der Waals surface area contributed by atoms with Crippen molar-refractivity contribution < 1.29 is 92.2 Å². The molecular formula is C38H39F12N9O8. The highest BCUT2D eigenvalue weighted by atomic mass is 19.4. The highest BCUT2D eigenvalue weighted by molar-refractivity contribution is 5.90. The fraction of sp³-hybridized carbons (Fsp3) is 0.526. The van der Waals surface area contributed by atoms with Crippen LogP contribution in [0, 0.1) is 11.3 Å². The lowest BCUT2D eigenvalue weighted by Crippen LogP contribution is -2.65. The topological polar surface area (TPSA) is 244 Å². The molecule has 1 atom stereocenters. The number of aliphatic hydroxyl groups excluding tert-OH is 1. The first-order chi connectivity index (χ1) is 31.1. The fourth-order valence-electron chi connectivity index (χ4n) is 7.36. The van der Waals surface area contributed by atoms with E-state index in [0.717, 1.165) is 60.6 Å². The van der Waals surface area contributed by atoms with Crippen molar-refractivity contribution in [3.63, 3.8) is 0 Å². The first-order valence-electron chi connectivity index (χ1n) is 19.5. The minimum atomic E-state index is -5.08. The van der Waals surface area contributed by atoms with Crippen LogP contribution in [0.25, 0.3) is 22.3 Å². The van der Waals surface area contributed by atoms with Crippen molar-refractivity contribution in [3.8, 4) is 23.2 Å². The molecule has 67 heavy (non-hydrogen) atoms. The summed E-state index contributed by atoms with van der Waals surface area (Å²) in [5.41, 5.74) is 1.49. The molecule has 29 heteroatoms. The summed E-state index contributed by atoms with van der Waals surface area (Å²) in [6, 6.07) is 7.23. The number of carbonyl (C=O) groups is 3. The number of fused-ring (bicyclic) bond motifs is 1. The second-order valence-electron chi connectivity index (χ2n) is 15.2. The average Bonchev–Trinajstić information content (AvgIpc) is 4.01. The molecule has 1 aliphatic carbocycles. The van der Waals surface area contributed by atoms with Crippen LogP contribution in [0.5, 0.6) is 5.88 Å². The van der Waals surface area contributed by atoms with E-state index in [4.69, 9.17) is 34.4 Å². The Morgan fingerprint density at radius 1 is 0.866 bits per heavy atom. The number of aliphatic carboxylic acids is 3. The molecule has 2 saturated heterocycles. The van der Waals surface area contributed by atoms with Crippen LogP contribution in [0.4, 0.5) is 52.7 Å². The molecule has 1 saturated carbocycles. The standard InChI is InChI=1S/C32H36F3N9O2.3C2HF3O2/c33-32(34,35)27-12-21(15-42-11-1-2-24(42)17-45)13-28(41-27)46-25-5-3-23(4-6-25)43-18-31(19-43,8-9-36)44-16-22(14-40-44)29-26-7-10-37-30(26)39-20-38-29;3*3-2(4,5)1(6)7/h7,10,12-14,16,20,23-25,45H,1-6,8,11,15,17-19H2,(H,37,38,39);3*(H,6,7)/t23?,24-,25?;;;/m0.../s1. The predicted molar refractivity (Wildman–Crippen MR) is 202 cm³/mol. The van der Waals surface area contributed by atoms with Crippen molar-refractivity contribution in [2.24, 2.45) is 0 Å². The molecule has 0 spiro atoms. The maximum absolute atomic E-state index is 13.7. The zero-order valence-corrected chi connectivity index (χ0v) is 34.3. The number of nitrogens with zero attached hydrogens (tertiary/aromatic N) is 8. The molecule has 4 aromatic heterocycles. The summed E-state index contributed by atoms with van der Waals surface area (Å²) in [6.45, 7) is 2.41. The smallest absolute Gasteiger partial charge is 0.475 e. The van der Waals surface area contributed by atoms with Gasteiger partial charge in [0.25, 0.3) is 0 Å². The van der Waals surface area contributed by atoms with Crippen molar-refractivity contribution >= 4 is 28.9 Å². The molecule has 0 amide bonds. The third-order valence-corrected chi connectivity index (χ3v) is 10.5. The summed E-state index contributed by atoms with van der Waals surface area (Å²) in [5.74, 6) is -8.27. The number of ether oxygens (including phenoxy) is 1. The van der Waals surface area contributed by atoms with Gasteiger partial charge in [0.15, 0.2) is 0 Å². The summed E-state index contributed by atoms with van der Waals surface area (Å²) in [6.07, 6.45) is -7.85. The third-order valence-electron chi connectivity index (χ3n) is 10.5. The Hall–Kier alpha value is -6.28. The Bertz CT molecular complexity index is 2290. The normalized spacial score (nSPS) is 19.9. The summed E-state index contributed by atoms with van der Waals surface area (Å²) in [7, 11) is 0. The van der Waals surface area contributed by atoms with Crippen molar-refractivity contribution in [2.75, 3.05) is 26.2 Å². The van der Waals surface area contributed by atoms with Gasteiger partial charge >= 0.3 is 42.6 Å². The number of likely N-dealkylation sites (tertiary alicyclic amines) is 2. The van der Waals surface area contributed by atoms with Crippen LogP contribution < -0.4 is 4.74 Å². The lowest BCUT2D eigenvalue weighted by atomic mass is 9.82. The number of hydrogen-bond donors (Lipinski definition) is 5. The van der Waals surface area contributed by atoms with Crippen molar-refractivity contribution in [1.29, 1.82) is 5.26 Å². The van der Waals surface area contributed by atoms with Gasteiger partial charge < -0.3 is 30.1 Å². The Kier molecular flexibility index (Phi) is 17.2. The fourth-order valence-corrected chi connectivity index (χ4v) is 7.36. The number of aromatic nitrogens is 6. The summed E-state index contributed by atoms with van der Waals surface area (Å²) in [4.78, 5) is 46.7. The molecule has 0 radical (unpaired) electrons. The Labute approximate surface area is 369 Å². The van der Waals surface area contributed by atoms with Crippen LogP contribution in [-0.4, -0.2) is 141 Å². The number of nitriles is 1. The quantitative estimate of drug-likeness (QED) is 0.114. The number of aliphatic hydroxyl groups is 1. The van der Waals surface area contributed by atoms with Crippen LogP contribution >= 0.6 is 0 Å². The molecule has 4 aromatic rings. The number of carboxylic acid groups (broad SMARTS) is 3. The van der Waals surface area contributed by atoms with E-state index >= 15 is 0 Å². The van der Waals surface area contributed by atoms with E-state index in [9.17, 15) is 63.1 Å². The van der Waals surface area contributed by atoms with Gasteiger partial charge in [-0.25, -0.2) is 29.3 Å². The van der Waals surface area contributed by atoms with Gasteiger partial charge in [-0.05, 0) is 62.8 Å². The number of carboxylic acids is 3. The molecule has 5 N–H and O–H groups in total. The maximum Gasteiger partial charge on any atom is 0.490 e. The molecule has 17 nitrogen and oxygen atoms in total. The highest BCUT2D eigenvalue weighted by Gasteiger charge is 2.48. The number of rotatable bonds is 9. The van der Waals surface area contributed by atoms with E-state index in [0.29, 0.717) is 50.5 Å². The summed E-state index contributed by atoms with van der Waals surface area (Å²) < 4.78 is 144. The van der Waals surface area contributed by atoms with Crippen molar-refractivity contribution in [3.05, 3.63) is 54.4 Å². The molecule has 2 aliphatic heterocycles. The zero-order chi connectivity index (χ0) is 50.1. The lowest BCUT2D eigenvalue weighted by molar-refractivity contribution is -0.193. The van der Waals surface area contributed by atoms with Crippen LogP contribution in [0.2, 0.25) is 0 Å². The van der Waals surface area contributed by atoms with Gasteiger partial charge in [0.1, 0.15) is 29.3 Å². The number of H-pyrrole nitrogens is 1.